The third-order valence-electron chi connectivity index (χ3n) is 5.82. The molecule has 0 aliphatic carbocycles. The van der Waals surface area contributed by atoms with Crippen molar-refractivity contribution in [2.24, 2.45) is 0 Å². The number of carbonyl (C=O) groups excluding carboxylic acids is 1. The van der Waals surface area contributed by atoms with Crippen LogP contribution in [0.1, 0.15) is 21.5 Å². The highest BCUT2D eigenvalue weighted by Crippen LogP contribution is 2.32. The van der Waals surface area contributed by atoms with Crippen LogP contribution < -0.4 is 10.1 Å². The van der Waals surface area contributed by atoms with Gasteiger partial charge in [0, 0.05) is 23.9 Å². The zero-order valence-corrected chi connectivity index (χ0v) is 20.8. The number of amides is 1. The normalized spacial score (nSPS) is 10.7. The Kier molecular flexibility index (Phi) is 6.69. The predicted octanol–water partition coefficient (Wildman–Crippen LogP) is 7.11. The average Bonchev–Trinajstić information content (AvgIpc) is 3.35. The molecule has 0 unspecified atom stereocenters. The van der Waals surface area contributed by atoms with Crippen molar-refractivity contribution in [1.29, 1.82) is 0 Å². The van der Waals surface area contributed by atoms with Crippen LogP contribution in [0.15, 0.2) is 103 Å². The molecule has 188 valence electrons. The van der Waals surface area contributed by atoms with E-state index in [2.05, 4.69) is 10.4 Å². The molecule has 5 aromatic rings. The van der Waals surface area contributed by atoms with Gasteiger partial charge in [-0.1, -0.05) is 54.6 Å². The van der Waals surface area contributed by atoms with Crippen molar-refractivity contribution in [3.05, 3.63) is 130 Å². The van der Waals surface area contributed by atoms with Gasteiger partial charge < -0.3 is 10.1 Å². The van der Waals surface area contributed by atoms with Crippen LogP contribution in [0.2, 0.25) is 0 Å². The van der Waals surface area contributed by atoms with Crippen molar-refractivity contribution in [3.63, 3.8) is 0 Å². The average molecular weight is 505 g/mol. The second-order valence-corrected chi connectivity index (χ2v) is 8.89. The van der Waals surface area contributed by atoms with Crippen molar-refractivity contribution in [3.8, 4) is 28.4 Å². The zero-order chi connectivity index (χ0) is 26.6. The maximum Gasteiger partial charge on any atom is 0.275 e. The van der Waals surface area contributed by atoms with Crippen molar-refractivity contribution in [1.82, 2.24) is 9.78 Å². The van der Waals surface area contributed by atoms with Gasteiger partial charge in [-0.3, -0.25) is 14.9 Å². The van der Waals surface area contributed by atoms with Crippen LogP contribution in [0, 0.1) is 24.0 Å². The molecule has 8 nitrogen and oxygen atoms in total. The number of aromatic nitrogens is 2. The molecular weight excluding hydrogens is 480 g/mol. The van der Waals surface area contributed by atoms with E-state index in [0.29, 0.717) is 17.0 Å². The molecule has 0 saturated heterocycles. The minimum absolute atomic E-state index is 0.203. The quantitative estimate of drug-likeness (QED) is 0.188. The van der Waals surface area contributed by atoms with E-state index in [-0.39, 0.29) is 17.1 Å². The van der Waals surface area contributed by atoms with E-state index in [1.807, 2.05) is 92.7 Å². The number of para-hydroxylation sites is 1. The Bertz CT molecular complexity index is 1610. The second kappa shape index (κ2) is 10.4. The number of aryl methyl sites for hydroxylation is 2. The van der Waals surface area contributed by atoms with Crippen LogP contribution in [0.4, 0.5) is 11.4 Å². The summed E-state index contributed by atoms with van der Waals surface area (Å²) in [4.78, 5) is 24.6. The topological polar surface area (TPSA) is 99.3 Å². The lowest BCUT2D eigenvalue weighted by atomic mass is 10.1. The van der Waals surface area contributed by atoms with Crippen LogP contribution in [0.25, 0.3) is 16.9 Å². The van der Waals surface area contributed by atoms with Crippen molar-refractivity contribution >= 4 is 17.3 Å². The lowest BCUT2D eigenvalue weighted by Gasteiger charge is -2.11. The largest absolute Gasteiger partial charge is 0.457 e. The number of ether oxygens (including phenoxy) is 1. The van der Waals surface area contributed by atoms with Crippen molar-refractivity contribution in [2.75, 3.05) is 5.32 Å². The molecule has 1 amide bonds. The molecule has 0 saturated carbocycles. The van der Waals surface area contributed by atoms with Crippen LogP contribution in [-0.4, -0.2) is 20.6 Å². The molecule has 0 radical (unpaired) electrons. The molecule has 0 fully saturated rings. The number of rotatable bonds is 7. The van der Waals surface area contributed by atoms with Gasteiger partial charge in [0.25, 0.3) is 11.6 Å². The summed E-state index contributed by atoms with van der Waals surface area (Å²) >= 11 is 0. The maximum atomic E-state index is 13.5. The lowest BCUT2D eigenvalue weighted by Crippen LogP contribution is -2.12. The minimum Gasteiger partial charge on any atom is -0.457 e. The molecule has 38 heavy (non-hydrogen) atoms. The number of anilines is 1. The number of nitrogens with zero attached hydrogens (tertiary/aromatic N) is 3. The lowest BCUT2D eigenvalue weighted by molar-refractivity contribution is -0.384. The Balaban J connectivity index is 1.50. The summed E-state index contributed by atoms with van der Waals surface area (Å²) in [5.74, 6) is 0.336. The van der Waals surface area contributed by atoms with E-state index in [4.69, 9.17) is 4.74 Å². The Morgan fingerprint density at radius 3 is 2.16 bits per heavy atom. The predicted molar refractivity (Wildman–Crippen MR) is 146 cm³/mol. The smallest absolute Gasteiger partial charge is 0.275 e. The summed E-state index contributed by atoms with van der Waals surface area (Å²) in [7, 11) is 0. The number of non-ortho nitro benzene ring substituents is 1. The highest BCUT2D eigenvalue weighted by atomic mass is 16.6. The van der Waals surface area contributed by atoms with Crippen LogP contribution >= 0.6 is 0 Å². The van der Waals surface area contributed by atoms with Crippen molar-refractivity contribution < 1.29 is 14.5 Å². The number of nitro groups is 1. The molecular formula is C30H24N4O4. The Labute approximate surface area is 219 Å². The molecule has 1 aromatic heterocycles. The molecule has 1 heterocycles. The SMILES string of the molecule is Cc1cc(C)cc(Oc2cc(NC(=O)c3cn(-c4ccccc4)nc3-c3ccccc3)cc([N+](=O)[O-])c2)c1. The third kappa shape index (κ3) is 5.44. The van der Waals surface area contributed by atoms with Gasteiger partial charge in [0.1, 0.15) is 17.2 Å². The number of nitrogens with one attached hydrogen (secondary N) is 1. The van der Waals surface area contributed by atoms with E-state index < -0.39 is 10.8 Å². The Morgan fingerprint density at radius 2 is 1.50 bits per heavy atom. The second-order valence-electron chi connectivity index (χ2n) is 8.89. The van der Waals surface area contributed by atoms with Crippen molar-refractivity contribution in [2.45, 2.75) is 13.8 Å². The van der Waals surface area contributed by atoms with Gasteiger partial charge in [0.2, 0.25) is 0 Å². The first kappa shape index (κ1) is 24.5. The number of hydrogen-bond acceptors (Lipinski definition) is 5. The summed E-state index contributed by atoms with van der Waals surface area (Å²) in [6.07, 6.45) is 1.65. The van der Waals surface area contributed by atoms with Gasteiger partial charge >= 0.3 is 0 Å². The van der Waals surface area contributed by atoms with E-state index in [9.17, 15) is 14.9 Å². The molecule has 0 aliphatic rings. The van der Waals surface area contributed by atoms with Gasteiger partial charge in [-0.15, -0.1) is 0 Å². The molecule has 0 bridgehead atoms. The molecule has 1 N–H and O–H groups in total. The molecule has 4 aromatic carbocycles. The fourth-order valence-corrected chi connectivity index (χ4v) is 4.21. The highest BCUT2D eigenvalue weighted by Gasteiger charge is 2.20. The molecule has 8 heteroatoms. The Morgan fingerprint density at radius 1 is 0.868 bits per heavy atom. The highest BCUT2D eigenvalue weighted by molar-refractivity contribution is 6.08. The summed E-state index contributed by atoms with van der Waals surface area (Å²) in [6, 6.07) is 28.7. The minimum atomic E-state index is -0.521. The van der Waals surface area contributed by atoms with Crippen LogP contribution in [0.3, 0.4) is 0 Å². The third-order valence-corrected chi connectivity index (χ3v) is 5.82. The van der Waals surface area contributed by atoms with Crippen LogP contribution in [0.5, 0.6) is 11.5 Å². The first-order valence-corrected chi connectivity index (χ1v) is 11.9. The number of hydrogen-bond donors (Lipinski definition) is 1. The molecule has 0 aliphatic heterocycles. The van der Waals surface area contributed by atoms with E-state index >= 15 is 0 Å². The van der Waals surface area contributed by atoms with Gasteiger partial charge in [0.15, 0.2) is 0 Å². The van der Waals surface area contributed by atoms with Gasteiger partial charge in [-0.05, 0) is 49.2 Å². The molecule has 0 atom stereocenters. The maximum absolute atomic E-state index is 13.5. The summed E-state index contributed by atoms with van der Waals surface area (Å²) in [6.45, 7) is 3.89. The van der Waals surface area contributed by atoms with Gasteiger partial charge in [-0.2, -0.15) is 5.10 Å². The van der Waals surface area contributed by atoms with Crippen LogP contribution in [-0.2, 0) is 0 Å². The van der Waals surface area contributed by atoms with Gasteiger partial charge in [-0.25, -0.2) is 4.68 Å². The number of nitro benzene ring substituents is 1. The fourth-order valence-electron chi connectivity index (χ4n) is 4.21. The zero-order valence-electron chi connectivity index (χ0n) is 20.8. The summed E-state index contributed by atoms with van der Waals surface area (Å²) in [5, 5.41) is 19.1. The van der Waals surface area contributed by atoms with E-state index in [0.717, 1.165) is 22.4 Å². The first-order valence-electron chi connectivity index (χ1n) is 11.9. The number of benzene rings is 4. The molecule has 5 rings (SSSR count). The summed E-state index contributed by atoms with van der Waals surface area (Å²) in [5.41, 5.74) is 4.41. The van der Waals surface area contributed by atoms with Gasteiger partial charge in [0.05, 0.1) is 27.9 Å². The summed E-state index contributed by atoms with van der Waals surface area (Å²) < 4.78 is 7.58. The van der Waals surface area contributed by atoms with E-state index in [1.165, 1.54) is 12.1 Å². The number of carbonyl (C=O) groups is 1. The Hall–Kier alpha value is -5.24. The fraction of sp³-hybridized carbons (Fsp3) is 0.0667. The molecule has 0 spiro atoms. The standard InChI is InChI=1S/C30H24N4O4/c1-20-13-21(2)15-26(14-20)38-27-17-23(16-25(18-27)34(36)37)31-30(35)28-19-33(24-11-7-4-8-12-24)32-29(28)22-9-5-3-6-10-22/h3-19H,1-2H3,(H,31,35). The first-order chi connectivity index (χ1) is 18.4. The monoisotopic (exact) mass is 504 g/mol. The van der Waals surface area contributed by atoms with E-state index in [1.54, 1.807) is 16.9 Å².